The van der Waals surface area contributed by atoms with Gasteiger partial charge in [-0.25, -0.2) is 0 Å². The Kier molecular flexibility index (Phi) is 4.59. The lowest BCUT2D eigenvalue weighted by Gasteiger charge is -2.36. The molecule has 0 saturated carbocycles. The van der Waals surface area contributed by atoms with E-state index < -0.39 is 0 Å². The average Bonchev–Trinajstić information content (AvgIpc) is 2.28. The largest absolute Gasteiger partial charge is 0.375 e. The van der Waals surface area contributed by atoms with Gasteiger partial charge in [0, 0.05) is 38.8 Å². The van der Waals surface area contributed by atoms with Crippen LogP contribution in [0.1, 0.15) is 26.7 Å². The topological polar surface area (TPSA) is 53.6 Å². The molecule has 104 valence electrons. The van der Waals surface area contributed by atoms with Crippen LogP contribution in [0.25, 0.3) is 0 Å². The molecule has 2 rings (SSSR count). The second-order valence-corrected chi connectivity index (χ2v) is 5.89. The Labute approximate surface area is 109 Å². The zero-order valence-corrected chi connectivity index (χ0v) is 11.5. The van der Waals surface area contributed by atoms with Gasteiger partial charge in [0.25, 0.3) is 0 Å². The van der Waals surface area contributed by atoms with E-state index in [1.54, 1.807) is 0 Å². The van der Waals surface area contributed by atoms with Gasteiger partial charge in [-0.1, -0.05) is 0 Å². The molecule has 0 spiro atoms. The van der Waals surface area contributed by atoms with Crippen LogP contribution >= 0.6 is 0 Å². The third-order valence-electron chi connectivity index (χ3n) is 3.64. The molecule has 5 heteroatoms. The summed E-state index contributed by atoms with van der Waals surface area (Å²) in [5.74, 6) is 0.152. The van der Waals surface area contributed by atoms with Gasteiger partial charge in [-0.05, 0) is 26.7 Å². The molecule has 1 atom stereocenters. The van der Waals surface area contributed by atoms with Crippen molar-refractivity contribution < 1.29 is 9.53 Å². The lowest BCUT2D eigenvalue weighted by atomic mass is 9.94. The quantitative estimate of drug-likeness (QED) is 0.743. The van der Waals surface area contributed by atoms with Crippen molar-refractivity contribution in [3.8, 4) is 0 Å². The van der Waals surface area contributed by atoms with Gasteiger partial charge in [0.05, 0.1) is 12.1 Å². The van der Waals surface area contributed by atoms with Crippen LogP contribution in [0.4, 0.5) is 0 Å². The minimum Gasteiger partial charge on any atom is -0.375 e. The molecule has 2 N–H and O–H groups in total. The van der Waals surface area contributed by atoms with Gasteiger partial charge >= 0.3 is 0 Å². The highest BCUT2D eigenvalue weighted by atomic mass is 16.5. The molecule has 5 nitrogen and oxygen atoms in total. The molecule has 2 heterocycles. The molecule has 2 fully saturated rings. The summed E-state index contributed by atoms with van der Waals surface area (Å²) >= 11 is 0. The minimum absolute atomic E-state index is 0.106. The summed E-state index contributed by atoms with van der Waals surface area (Å²) in [6, 6.07) is 0.268. The molecule has 0 aromatic heterocycles. The Morgan fingerprint density at radius 1 is 1.44 bits per heavy atom. The van der Waals surface area contributed by atoms with E-state index in [2.05, 4.69) is 29.4 Å². The van der Waals surface area contributed by atoms with Crippen LogP contribution in [0.15, 0.2) is 0 Å². The van der Waals surface area contributed by atoms with Crippen LogP contribution in [0, 0.1) is 0 Å². The van der Waals surface area contributed by atoms with Gasteiger partial charge in [0.1, 0.15) is 0 Å². The fourth-order valence-corrected chi connectivity index (χ4v) is 2.70. The van der Waals surface area contributed by atoms with E-state index in [1.165, 1.54) is 0 Å². The summed E-state index contributed by atoms with van der Waals surface area (Å²) < 4.78 is 5.66. The predicted octanol–water partition coefficient (Wildman–Crippen LogP) is -0.0346. The molecule has 0 aromatic rings. The molecule has 0 bridgehead atoms. The van der Waals surface area contributed by atoms with Crippen LogP contribution in [-0.4, -0.2) is 61.8 Å². The van der Waals surface area contributed by atoms with Crippen LogP contribution in [0.5, 0.6) is 0 Å². The Morgan fingerprint density at radius 3 is 2.83 bits per heavy atom. The first-order valence-electron chi connectivity index (χ1n) is 6.91. The van der Waals surface area contributed by atoms with E-state index in [9.17, 15) is 4.79 Å². The number of rotatable bonds is 3. The molecule has 1 amide bonds. The molecule has 0 aromatic carbocycles. The standard InChI is InChI=1S/C13H25N3O2/c1-13(2)9-11(3-8-18-13)15-12(17)10-16-6-4-14-5-7-16/h11,14H,3-10H2,1-2H3,(H,15,17). The van der Waals surface area contributed by atoms with Crippen molar-refractivity contribution in [1.82, 2.24) is 15.5 Å². The number of carbonyl (C=O) groups excluding carboxylic acids is 1. The van der Waals surface area contributed by atoms with Crippen LogP contribution in [0.2, 0.25) is 0 Å². The monoisotopic (exact) mass is 255 g/mol. The summed E-state index contributed by atoms with van der Waals surface area (Å²) in [4.78, 5) is 14.2. The number of nitrogens with zero attached hydrogens (tertiary/aromatic N) is 1. The van der Waals surface area contributed by atoms with Crippen molar-refractivity contribution in [3.05, 3.63) is 0 Å². The molecule has 1 unspecified atom stereocenters. The highest BCUT2D eigenvalue weighted by Gasteiger charge is 2.29. The Balaban J connectivity index is 1.73. The van der Waals surface area contributed by atoms with Gasteiger partial charge in [-0.15, -0.1) is 0 Å². The van der Waals surface area contributed by atoms with Gasteiger partial charge in [0.15, 0.2) is 0 Å². The van der Waals surface area contributed by atoms with E-state index in [0.717, 1.165) is 45.6 Å². The third-order valence-corrected chi connectivity index (χ3v) is 3.64. The zero-order chi connectivity index (χ0) is 13.0. The Bertz CT molecular complexity index is 288. The number of hydrogen-bond donors (Lipinski definition) is 2. The zero-order valence-electron chi connectivity index (χ0n) is 11.5. The maximum Gasteiger partial charge on any atom is 0.234 e. The number of amides is 1. The smallest absolute Gasteiger partial charge is 0.234 e. The second kappa shape index (κ2) is 5.99. The van der Waals surface area contributed by atoms with E-state index in [0.29, 0.717) is 6.54 Å². The first-order valence-corrected chi connectivity index (χ1v) is 6.91. The van der Waals surface area contributed by atoms with Crippen molar-refractivity contribution in [1.29, 1.82) is 0 Å². The van der Waals surface area contributed by atoms with Crippen molar-refractivity contribution >= 4 is 5.91 Å². The SMILES string of the molecule is CC1(C)CC(NC(=O)CN2CCNCC2)CCO1. The maximum absolute atomic E-state index is 12.0. The lowest BCUT2D eigenvalue weighted by Crippen LogP contribution is -2.51. The van der Waals surface area contributed by atoms with Gasteiger partial charge in [-0.3, -0.25) is 9.69 Å². The minimum atomic E-state index is -0.106. The Morgan fingerprint density at radius 2 is 2.17 bits per heavy atom. The fraction of sp³-hybridized carbons (Fsp3) is 0.923. The molecule has 0 aliphatic carbocycles. The van der Waals surface area contributed by atoms with E-state index in [-0.39, 0.29) is 17.6 Å². The van der Waals surface area contributed by atoms with Gasteiger partial charge in [0.2, 0.25) is 5.91 Å². The summed E-state index contributed by atoms with van der Waals surface area (Å²) in [6.45, 7) is 9.34. The predicted molar refractivity (Wildman–Crippen MR) is 70.5 cm³/mol. The highest BCUT2D eigenvalue weighted by Crippen LogP contribution is 2.23. The lowest BCUT2D eigenvalue weighted by molar-refractivity contribution is -0.125. The van der Waals surface area contributed by atoms with Gasteiger partial charge < -0.3 is 15.4 Å². The van der Waals surface area contributed by atoms with Crippen molar-refractivity contribution in [2.45, 2.75) is 38.3 Å². The van der Waals surface area contributed by atoms with E-state index in [1.807, 2.05) is 0 Å². The van der Waals surface area contributed by atoms with E-state index >= 15 is 0 Å². The molecule has 2 aliphatic heterocycles. The number of carbonyl (C=O) groups is 1. The van der Waals surface area contributed by atoms with Crippen LogP contribution in [-0.2, 0) is 9.53 Å². The second-order valence-electron chi connectivity index (χ2n) is 5.89. The molecule has 18 heavy (non-hydrogen) atoms. The highest BCUT2D eigenvalue weighted by molar-refractivity contribution is 5.78. The fourth-order valence-electron chi connectivity index (χ4n) is 2.70. The van der Waals surface area contributed by atoms with Gasteiger partial charge in [-0.2, -0.15) is 0 Å². The molecule has 2 saturated heterocycles. The normalized spacial score (nSPS) is 28.9. The number of hydrogen-bond acceptors (Lipinski definition) is 4. The maximum atomic E-state index is 12.0. The summed E-state index contributed by atoms with van der Waals surface area (Å²) in [6.07, 6.45) is 1.83. The molecule has 0 radical (unpaired) electrons. The van der Waals surface area contributed by atoms with Crippen molar-refractivity contribution in [3.63, 3.8) is 0 Å². The average molecular weight is 255 g/mol. The number of ether oxygens (including phenoxy) is 1. The van der Waals surface area contributed by atoms with Crippen molar-refractivity contribution in [2.24, 2.45) is 0 Å². The van der Waals surface area contributed by atoms with Crippen molar-refractivity contribution in [2.75, 3.05) is 39.3 Å². The number of nitrogens with one attached hydrogen (secondary N) is 2. The molecular weight excluding hydrogens is 230 g/mol. The summed E-state index contributed by atoms with van der Waals surface area (Å²) in [5.41, 5.74) is -0.106. The molecule has 2 aliphatic rings. The van der Waals surface area contributed by atoms with Crippen LogP contribution in [0.3, 0.4) is 0 Å². The summed E-state index contributed by atoms with van der Waals surface area (Å²) in [7, 11) is 0. The summed E-state index contributed by atoms with van der Waals surface area (Å²) in [5, 5.41) is 6.43. The van der Waals surface area contributed by atoms with E-state index in [4.69, 9.17) is 4.74 Å². The third kappa shape index (κ3) is 4.23. The van der Waals surface area contributed by atoms with Crippen LogP contribution < -0.4 is 10.6 Å². The number of piperazine rings is 1. The first kappa shape index (κ1) is 13.8. The Hall–Kier alpha value is -0.650. The molecular formula is C13H25N3O2. The first-order chi connectivity index (χ1) is 8.55.